The summed E-state index contributed by atoms with van der Waals surface area (Å²) in [4.78, 5) is 3.88. The number of rotatable bonds is 0. The van der Waals surface area contributed by atoms with Crippen LogP contribution in [0.5, 0.6) is 0 Å². The van der Waals surface area contributed by atoms with Gasteiger partial charge in [-0.3, -0.25) is 4.99 Å². The first-order valence-corrected chi connectivity index (χ1v) is 5.80. The minimum atomic E-state index is 0.0328. The van der Waals surface area contributed by atoms with Crippen LogP contribution < -0.4 is 0 Å². The Morgan fingerprint density at radius 3 is 2.67 bits per heavy atom. The minimum Gasteiger partial charge on any atom is -0.258 e. The molecule has 0 aromatic heterocycles. The highest BCUT2D eigenvalue weighted by molar-refractivity contribution is 14.2. The Morgan fingerprint density at radius 2 is 2.50 bits per heavy atom. The van der Waals surface area contributed by atoms with Crippen molar-refractivity contribution in [3.8, 4) is 0 Å². The van der Waals surface area contributed by atoms with Gasteiger partial charge in [0.1, 0.15) is 0 Å². The van der Waals surface area contributed by atoms with E-state index >= 15 is 0 Å². The summed E-state index contributed by atoms with van der Waals surface area (Å²) >= 11 is 2.36. The fraction of sp³-hybridized carbons (Fsp3) is 0. The third kappa shape index (κ3) is 0.975. The molecule has 1 rings (SSSR count). The molecule has 0 fully saturated rings. The third-order valence-corrected chi connectivity index (χ3v) is 2.96. The normalized spacial score (nSPS) is 35.2. The van der Waals surface area contributed by atoms with E-state index in [2.05, 4.69) is 31.6 Å². The second kappa shape index (κ2) is 1.97. The van der Waals surface area contributed by atoms with Gasteiger partial charge in [0.05, 0.1) is 5.55 Å². The Bertz CT molecular complexity index is 87.0. The summed E-state index contributed by atoms with van der Waals surface area (Å²) in [7, 11) is 0.0328. The van der Waals surface area contributed by atoms with E-state index in [1.165, 1.54) is 0 Å². The Morgan fingerprint density at radius 1 is 1.67 bits per heavy atom. The van der Waals surface area contributed by atoms with Crippen molar-refractivity contribution in [2.75, 3.05) is 0 Å². The van der Waals surface area contributed by atoms with E-state index in [0.717, 1.165) is 0 Å². The van der Waals surface area contributed by atoms with Crippen LogP contribution in [0.2, 0.25) is 0 Å². The Kier molecular flexibility index (Phi) is 1.53. The number of halogens is 1. The molecular formula is C3H4INS. The van der Waals surface area contributed by atoms with E-state index < -0.39 is 0 Å². The van der Waals surface area contributed by atoms with Gasteiger partial charge >= 0.3 is 0 Å². The van der Waals surface area contributed by atoms with Gasteiger partial charge in [-0.25, -0.2) is 0 Å². The molecule has 0 aromatic carbocycles. The van der Waals surface area contributed by atoms with E-state index in [-0.39, 0.29) is 8.07 Å². The topological polar surface area (TPSA) is 12.4 Å². The summed E-state index contributed by atoms with van der Waals surface area (Å²) in [5.74, 6) is 0. The summed E-state index contributed by atoms with van der Waals surface area (Å²) < 4.78 is 0. The minimum absolute atomic E-state index is 0.0328. The van der Waals surface area contributed by atoms with Crippen LogP contribution in [0.3, 0.4) is 0 Å². The summed E-state index contributed by atoms with van der Waals surface area (Å²) in [6, 6.07) is 0. The molecule has 1 aliphatic rings. The van der Waals surface area contributed by atoms with Crippen LogP contribution in [0.15, 0.2) is 16.6 Å². The molecule has 0 saturated heterocycles. The zero-order chi connectivity index (χ0) is 4.41. The van der Waals surface area contributed by atoms with Gasteiger partial charge in [-0.1, -0.05) is 0 Å². The molecule has 0 N–H and O–H groups in total. The van der Waals surface area contributed by atoms with E-state index in [9.17, 15) is 0 Å². The zero-order valence-corrected chi connectivity index (χ0v) is 6.06. The van der Waals surface area contributed by atoms with Gasteiger partial charge in [0, 0.05) is 6.20 Å². The Labute approximate surface area is 51.5 Å². The fourth-order valence-electron chi connectivity index (χ4n) is 0.243. The van der Waals surface area contributed by atoms with Gasteiger partial charge in [-0.2, -0.15) is 0 Å². The molecule has 0 radical (unpaired) electrons. The van der Waals surface area contributed by atoms with E-state index in [1.807, 2.05) is 11.7 Å². The largest absolute Gasteiger partial charge is 0.258 e. The number of hydrogen-bond donors (Lipinski definition) is 1. The van der Waals surface area contributed by atoms with Gasteiger partial charge in [0.25, 0.3) is 0 Å². The first kappa shape index (κ1) is 4.64. The maximum absolute atomic E-state index is 3.88. The van der Waals surface area contributed by atoms with E-state index in [4.69, 9.17) is 0 Å². The smallest absolute Gasteiger partial charge is 0.0522 e. The molecule has 34 valence electrons. The lowest BCUT2D eigenvalue weighted by atomic mass is 11.1. The highest BCUT2D eigenvalue weighted by atomic mass is 127. The average molecular weight is 213 g/mol. The highest BCUT2D eigenvalue weighted by Gasteiger charge is 1.88. The lowest BCUT2D eigenvalue weighted by Crippen LogP contribution is -1.49. The van der Waals surface area contributed by atoms with Crippen molar-refractivity contribution >= 4 is 34.8 Å². The number of thiol groups is 1. The van der Waals surface area contributed by atoms with Gasteiger partial charge in [0.15, 0.2) is 0 Å². The van der Waals surface area contributed by atoms with Crippen LogP contribution in [-0.2, 0) is 0 Å². The quantitative estimate of drug-likeness (QED) is 0.465. The molecular weight excluding hydrogens is 209 g/mol. The second-order valence-corrected chi connectivity index (χ2v) is 5.47. The molecule has 6 heavy (non-hydrogen) atoms. The van der Waals surface area contributed by atoms with Crippen molar-refractivity contribution in [1.29, 1.82) is 0 Å². The van der Waals surface area contributed by atoms with Crippen molar-refractivity contribution in [2.45, 2.75) is 0 Å². The molecule has 1 heterocycles. The Balaban J connectivity index is 2.60. The van der Waals surface area contributed by atoms with Crippen molar-refractivity contribution in [2.24, 2.45) is 4.99 Å². The summed E-state index contributed by atoms with van der Waals surface area (Å²) in [5.41, 5.74) is 1.97. The van der Waals surface area contributed by atoms with Crippen LogP contribution in [-0.4, -0.2) is 5.55 Å². The molecule has 0 bridgehead atoms. The van der Waals surface area contributed by atoms with E-state index in [1.54, 1.807) is 0 Å². The van der Waals surface area contributed by atoms with Gasteiger partial charge in [0.2, 0.25) is 0 Å². The Hall–Kier alpha value is 0.490. The third-order valence-electron chi connectivity index (χ3n) is 0.472. The maximum Gasteiger partial charge on any atom is 0.0522 e. The maximum atomic E-state index is 3.88. The van der Waals surface area contributed by atoms with Gasteiger partial charge < -0.3 is 0 Å². The molecule has 0 aliphatic carbocycles. The van der Waals surface area contributed by atoms with Gasteiger partial charge in [-0.05, 0) is 26.6 Å². The van der Waals surface area contributed by atoms with Crippen LogP contribution >= 0.6 is 29.3 Å². The molecule has 1 nitrogen and oxygen atoms in total. The highest BCUT2D eigenvalue weighted by Crippen LogP contribution is 2.35. The van der Waals surface area contributed by atoms with Crippen molar-refractivity contribution in [3.63, 3.8) is 0 Å². The van der Waals surface area contributed by atoms with Crippen LogP contribution in [0, 0.1) is 0 Å². The van der Waals surface area contributed by atoms with Gasteiger partial charge in [-0.15, -0.1) is 8.07 Å². The molecule has 1 unspecified atom stereocenters. The predicted octanol–water partition coefficient (Wildman–Crippen LogP) is 1.85. The molecule has 0 aromatic rings. The molecule has 1 aliphatic heterocycles. The van der Waals surface area contributed by atoms with Crippen molar-refractivity contribution in [3.05, 3.63) is 11.6 Å². The van der Waals surface area contributed by atoms with Crippen LogP contribution in [0.25, 0.3) is 0 Å². The van der Waals surface area contributed by atoms with Crippen LogP contribution in [0.1, 0.15) is 0 Å². The van der Waals surface area contributed by atoms with Crippen molar-refractivity contribution in [1.82, 2.24) is 0 Å². The zero-order valence-electron chi connectivity index (χ0n) is 3.00. The average Bonchev–Trinajstić information content (AvgIpc) is 1.86. The number of nitrogens with zero attached hydrogens (tertiary/aromatic N) is 1. The molecule has 0 spiro atoms. The molecule has 3 heteroatoms. The first-order chi connectivity index (χ1) is 2.89. The lowest BCUT2D eigenvalue weighted by molar-refractivity contribution is 1.65. The van der Waals surface area contributed by atoms with Crippen LogP contribution in [0.4, 0.5) is 0 Å². The number of aliphatic imine (C=N–C) groups is 1. The molecule has 0 saturated carbocycles. The fourth-order valence-corrected chi connectivity index (χ4v) is 1.59. The SMILES string of the molecule is I[SH]1C=CN=C1. The summed E-state index contributed by atoms with van der Waals surface area (Å²) in [6.07, 6.45) is 1.85. The second-order valence-electron chi connectivity index (χ2n) is 0.907. The monoisotopic (exact) mass is 213 g/mol. The summed E-state index contributed by atoms with van der Waals surface area (Å²) in [5, 5.41) is 2.11. The van der Waals surface area contributed by atoms with E-state index in [0.29, 0.717) is 0 Å². The standard InChI is InChI=1S/C3H4INS/c4-6-2-1-5-3-6/h1-3,6H. The first-order valence-electron chi connectivity index (χ1n) is 1.54. The number of hydrogen-bond acceptors (Lipinski definition) is 1. The summed E-state index contributed by atoms with van der Waals surface area (Å²) in [6.45, 7) is 0. The molecule has 0 amide bonds. The predicted molar refractivity (Wildman–Crippen MR) is 40.6 cm³/mol. The van der Waals surface area contributed by atoms with Crippen molar-refractivity contribution < 1.29 is 0 Å². The lowest BCUT2D eigenvalue weighted by Gasteiger charge is -1.86. The molecule has 1 atom stereocenters.